The smallest absolute Gasteiger partial charge is 0.222 e. The van der Waals surface area contributed by atoms with Crippen molar-refractivity contribution in [3.8, 4) is 11.4 Å². The van der Waals surface area contributed by atoms with E-state index in [1.165, 1.54) is 38.4 Å². The summed E-state index contributed by atoms with van der Waals surface area (Å²) in [5, 5.41) is 3.28. The molecule has 1 aliphatic rings. The zero-order valence-electron chi connectivity index (χ0n) is 16.8. The molecule has 0 radical (unpaired) electrons. The molecule has 1 aliphatic heterocycles. The van der Waals surface area contributed by atoms with E-state index in [1.54, 1.807) is 6.20 Å². The molecule has 3 aromatic rings. The molecule has 154 valence electrons. The summed E-state index contributed by atoms with van der Waals surface area (Å²) in [6.45, 7) is 5.07. The highest BCUT2D eigenvalue weighted by molar-refractivity contribution is 5.80. The largest absolute Gasteiger partial charge is 0.354 e. The number of aromatic amines is 1. The molecular formula is C21H26F2N6. The number of imidazole rings is 1. The number of anilines is 1. The molecule has 0 saturated carbocycles. The summed E-state index contributed by atoms with van der Waals surface area (Å²) in [6, 6.07) is 2.06. The molecule has 1 fully saturated rings. The second kappa shape index (κ2) is 8.41. The van der Waals surface area contributed by atoms with Gasteiger partial charge in [-0.2, -0.15) is 0 Å². The van der Waals surface area contributed by atoms with E-state index in [1.807, 2.05) is 6.92 Å². The maximum atomic E-state index is 13.9. The van der Waals surface area contributed by atoms with Gasteiger partial charge in [0.25, 0.3) is 0 Å². The van der Waals surface area contributed by atoms with Crippen LogP contribution in [0.15, 0.2) is 18.3 Å². The Morgan fingerprint density at radius 2 is 2.00 bits per heavy atom. The lowest BCUT2D eigenvalue weighted by Crippen LogP contribution is -2.30. The van der Waals surface area contributed by atoms with Crippen molar-refractivity contribution in [1.29, 1.82) is 0 Å². The summed E-state index contributed by atoms with van der Waals surface area (Å²) in [6.07, 6.45) is 6.53. The SMILES string of the molecule is Cc1nc(NCCCC2CCN(C)CC2)ncc1-c1nc2c(F)cc(F)cc2[nH]1. The average molecular weight is 400 g/mol. The van der Waals surface area contributed by atoms with Crippen molar-refractivity contribution < 1.29 is 8.78 Å². The van der Waals surface area contributed by atoms with Crippen molar-refractivity contribution in [1.82, 2.24) is 24.8 Å². The number of likely N-dealkylation sites (tertiary alicyclic amines) is 1. The Bertz CT molecular complexity index is 994. The second-order valence-electron chi connectivity index (χ2n) is 7.88. The van der Waals surface area contributed by atoms with Crippen molar-refractivity contribution in [2.45, 2.75) is 32.6 Å². The number of halogens is 2. The topological polar surface area (TPSA) is 69.7 Å². The van der Waals surface area contributed by atoms with Crippen molar-refractivity contribution in [3.05, 3.63) is 35.7 Å². The third-order valence-electron chi connectivity index (χ3n) is 5.65. The highest BCUT2D eigenvalue weighted by Gasteiger charge is 2.16. The van der Waals surface area contributed by atoms with E-state index in [2.05, 4.69) is 37.2 Å². The van der Waals surface area contributed by atoms with Crippen LogP contribution in [0.4, 0.5) is 14.7 Å². The van der Waals surface area contributed by atoms with Crippen molar-refractivity contribution in [2.75, 3.05) is 32.0 Å². The fraction of sp³-hybridized carbons (Fsp3) is 0.476. The van der Waals surface area contributed by atoms with Gasteiger partial charge in [0.1, 0.15) is 17.2 Å². The number of benzene rings is 1. The molecule has 0 unspecified atom stereocenters. The minimum atomic E-state index is -0.691. The number of nitrogens with one attached hydrogen (secondary N) is 2. The fourth-order valence-corrected chi connectivity index (χ4v) is 3.90. The molecular weight excluding hydrogens is 374 g/mol. The van der Waals surface area contributed by atoms with Gasteiger partial charge in [-0.1, -0.05) is 0 Å². The maximum Gasteiger partial charge on any atom is 0.222 e. The second-order valence-corrected chi connectivity index (χ2v) is 7.88. The molecule has 8 heteroatoms. The van der Waals surface area contributed by atoms with Gasteiger partial charge in [-0.25, -0.2) is 23.7 Å². The first kappa shape index (κ1) is 19.7. The molecule has 6 nitrogen and oxygen atoms in total. The Kier molecular flexibility index (Phi) is 5.71. The lowest BCUT2D eigenvalue weighted by molar-refractivity contribution is 0.211. The lowest BCUT2D eigenvalue weighted by atomic mass is 9.92. The molecule has 1 saturated heterocycles. The molecule has 0 amide bonds. The maximum absolute atomic E-state index is 13.9. The fourth-order valence-electron chi connectivity index (χ4n) is 3.90. The molecule has 3 heterocycles. The van der Waals surface area contributed by atoms with Gasteiger partial charge < -0.3 is 15.2 Å². The van der Waals surface area contributed by atoms with Crippen molar-refractivity contribution in [2.24, 2.45) is 5.92 Å². The van der Waals surface area contributed by atoms with Crippen LogP contribution in [0, 0.1) is 24.5 Å². The molecule has 0 bridgehead atoms. The van der Waals surface area contributed by atoms with Gasteiger partial charge in [-0.15, -0.1) is 0 Å². The Balaban J connectivity index is 1.37. The summed E-state index contributed by atoms with van der Waals surface area (Å²) in [4.78, 5) is 18.4. The zero-order chi connectivity index (χ0) is 20.4. The van der Waals surface area contributed by atoms with Crippen LogP contribution < -0.4 is 5.32 Å². The first-order valence-electron chi connectivity index (χ1n) is 10.1. The summed E-state index contributed by atoms with van der Waals surface area (Å²) in [7, 11) is 2.18. The molecule has 4 rings (SSSR count). The first-order chi connectivity index (χ1) is 14.0. The molecule has 29 heavy (non-hydrogen) atoms. The van der Waals surface area contributed by atoms with Gasteiger partial charge in [-0.3, -0.25) is 0 Å². The molecule has 2 N–H and O–H groups in total. The van der Waals surface area contributed by atoms with Gasteiger partial charge in [-0.05, 0) is 64.7 Å². The highest BCUT2D eigenvalue weighted by Crippen LogP contribution is 2.25. The normalized spacial score (nSPS) is 15.9. The van der Waals surface area contributed by atoms with Crippen LogP contribution in [-0.4, -0.2) is 51.5 Å². The van der Waals surface area contributed by atoms with E-state index >= 15 is 0 Å². The number of hydrogen-bond donors (Lipinski definition) is 2. The number of piperidine rings is 1. The Morgan fingerprint density at radius 1 is 1.21 bits per heavy atom. The minimum Gasteiger partial charge on any atom is -0.354 e. The molecule has 0 atom stereocenters. The predicted molar refractivity (Wildman–Crippen MR) is 110 cm³/mol. The van der Waals surface area contributed by atoms with Crippen LogP contribution in [0.25, 0.3) is 22.4 Å². The van der Waals surface area contributed by atoms with Crippen LogP contribution in [0.3, 0.4) is 0 Å². The molecule has 2 aromatic heterocycles. The molecule has 0 spiro atoms. The number of H-pyrrole nitrogens is 1. The van der Waals surface area contributed by atoms with E-state index in [0.29, 0.717) is 22.9 Å². The quantitative estimate of drug-likeness (QED) is 0.609. The lowest BCUT2D eigenvalue weighted by Gasteiger charge is -2.28. The van der Waals surface area contributed by atoms with E-state index in [-0.39, 0.29) is 5.52 Å². The van der Waals surface area contributed by atoms with E-state index in [0.717, 1.165) is 30.6 Å². The summed E-state index contributed by atoms with van der Waals surface area (Å²) in [5.74, 6) is 0.483. The third kappa shape index (κ3) is 4.53. The van der Waals surface area contributed by atoms with Crippen LogP contribution in [0.1, 0.15) is 31.4 Å². The number of aryl methyl sites for hydroxylation is 1. The van der Waals surface area contributed by atoms with E-state index < -0.39 is 11.6 Å². The monoisotopic (exact) mass is 400 g/mol. The van der Waals surface area contributed by atoms with Gasteiger partial charge >= 0.3 is 0 Å². The number of rotatable bonds is 6. The van der Waals surface area contributed by atoms with E-state index in [9.17, 15) is 8.78 Å². The Labute approximate surface area is 168 Å². The van der Waals surface area contributed by atoms with Gasteiger partial charge in [0.05, 0.1) is 16.8 Å². The van der Waals surface area contributed by atoms with Crippen molar-refractivity contribution >= 4 is 17.0 Å². The minimum absolute atomic E-state index is 0.108. The molecule has 1 aromatic carbocycles. The van der Waals surface area contributed by atoms with Gasteiger partial charge in [0.2, 0.25) is 5.95 Å². The first-order valence-corrected chi connectivity index (χ1v) is 10.1. The average Bonchev–Trinajstić information content (AvgIpc) is 3.11. The van der Waals surface area contributed by atoms with Crippen LogP contribution in [-0.2, 0) is 0 Å². The van der Waals surface area contributed by atoms with Gasteiger partial charge in [0.15, 0.2) is 5.82 Å². The number of hydrogen-bond acceptors (Lipinski definition) is 5. The Morgan fingerprint density at radius 3 is 2.76 bits per heavy atom. The van der Waals surface area contributed by atoms with E-state index in [4.69, 9.17) is 0 Å². The number of aromatic nitrogens is 4. The summed E-state index contributed by atoms with van der Waals surface area (Å²) < 4.78 is 27.3. The zero-order valence-corrected chi connectivity index (χ0v) is 16.8. The number of fused-ring (bicyclic) bond motifs is 1. The van der Waals surface area contributed by atoms with Crippen LogP contribution >= 0.6 is 0 Å². The predicted octanol–water partition coefficient (Wildman–Crippen LogP) is 4.14. The molecule has 0 aliphatic carbocycles. The highest BCUT2D eigenvalue weighted by atomic mass is 19.1. The third-order valence-corrected chi connectivity index (χ3v) is 5.65. The van der Waals surface area contributed by atoms with Gasteiger partial charge in [0, 0.05) is 18.8 Å². The standard InChI is InChI=1S/C21H26F2N6/c1-13-16(20-27-18-11-15(22)10-17(23)19(18)28-20)12-25-21(26-13)24-7-3-4-14-5-8-29(2)9-6-14/h10-12,14H,3-9H2,1-2H3,(H,27,28)(H,24,25,26). The van der Waals surface area contributed by atoms with Crippen LogP contribution in [0.2, 0.25) is 0 Å². The van der Waals surface area contributed by atoms with Crippen molar-refractivity contribution in [3.63, 3.8) is 0 Å². The number of nitrogens with zero attached hydrogens (tertiary/aromatic N) is 4. The Hall–Kier alpha value is -2.61. The van der Waals surface area contributed by atoms with Crippen LogP contribution in [0.5, 0.6) is 0 Å². The summed E-state index contributed by atoms with van der Waals surface area (Å²) in [5.41, 5.74) is 1.81. The summed E-state index contributed by atoms with van der Waals surface area (Å²) >= 11 is 0.